The van der Waals surface area contributed by atoms with Crippen LogP contribution in [0.25, 0.3) is 10.9 Å². The van der Waals surface area contributed by atoms with Crippen molar-refractivity contribution >= 4 is 10.9 Å². The van der Waals surface area contributed by atoms with Gasteiger partial charge in [-0.1, -0.05) is 18.2 Å². The third kappa shape index (κ3) is 2.62. The van der Waals surface area contributed by atoms with Crippen LogP contribution in [0.2, 0.25) is 0 Å². The predicted octanol–water partition coefficient (Wildman–Crippen LogP) is 2.32. The highest BCUT2D eigenvalue weighted by molar-refractivity contribution is 5.82. The molecule has 1 aromatic heterocycles. The van der Waals surface area contributed by atoms with Gasteiger partial charge in [-0.3, -0.25) is 9.88 Å². The van der Waals surface area contributed by atoms with Gasteiger partial charge in [-0.25, -0.2) is 0 Å². The monoisotopic (exact) mass is 255 g/mol. The zero-order valence-electron chi connectivity index (χ0n) is 11.5. The molecule has 0 radical (unpaired) electrons. The van der Waals surface area contributed by atoms with E-state index in [4.69, 9.17) is 5.73 Å². The zero-order chi connectivity index (χ0) is 13.2. The van der Waals surface area contributed by atoms with Crippen LogP contribution in [0.5, 0.6) is 0 Å². The summed E-state index contributed by atoms with van der Waals surface area (Å²) in [6.07, 6.45) is 1.23. The van der Waals surface area contributed by atoms with Crippen LogP contribution in [0.3, 0.4) is 0 Å². The average molecular weight is 255 g/mol. The number of likely N-dealkylation sites (tertiary alicyclic amines) is 1. The molecule has 0 saturated carbocycles. The maximum absolute atomic E-state index is 5.77. The summed E-state index contributed by atoms with van der Waals surface area (Å²) in [4.78, 5) is 7.12. The van der Waals surface area contributed by atoms with Crippen LogP contribution < -0.4 is 5.73 Å². The second-order valence-corrected chi connectivity index (χ2v) is 5.57. The van der Waals surface area contributed by atoms with Crippen LogP contribution in [-0.2, 0) is 6.54 Å². The molecule has 2 aromatic rings. The van der Waals surface area contributed by atoms with Crippen LogP contribution >= 0.6 is 0 Å². The van der Waals surface area contributed by atoms with Gasteiger partial charge in [-0.05, 0) is 50.0 Å². The number of aromatic nitrogens is 1. The third-order valence-electron chi connectivity index (χ3n) is 4.03. The molecule has 1 saturated heterocycles. The van der Waals surface area contributed by atoms with Gasteiger partial charge < -0.3 is 5.73 Å². The summed E-state index contributed by atoms with van der Waals surface area (Å²) in [5, 5.41) is 1.28. The maximum atomic E-state index is 5.77. The summed E-state index contributed by atoms with van der Waals surface area (Å²) in [5.74, 6) is 0.675. The molecule has 3 heteroatoms. The molecule has 0 aliphatic carbocycles. The molecule has 0 spiro atoms. The Morgan fingerprint density at radius 1 is 1.37 bits per heavy atom. The minimum absolute atomic E-state index is 0.675. The number of hydrogen-bond acceptors (Lipinski definition) is 3. The Balaban J connectivity index is 1.88. The Kier molecular flexibility index (Phi) is 3.49. The van der Waals surface area contributed by atoms with Crippen molar-refractivity contribution in [1.82, 2.24) is 9.88 Å². The molecule has 1 unspecified atom stereocenters. The molecule has 1 atom stereocenters. The van der Waals surface area contributed by atoms with Gasteiger partial charge in [-0.15, -0.1) is 0 Å². The molecule has 3 nitrogen and oxygen atoms in total. The minimum Gasteiger partial charge on any atom is -0.330 e. The fourth-order valence-electron chi connectivity index (χ4n) is 3.02. The number of nitrogens with two attached hydrogens (primary N) is 1. The molecule has 2 heterocycles. The quantitative estimate of drug-likeness (QED) is 0.915. The number of pyridine rings is 1. The van der Waals surface area contributed by atoms with Gasteiger partial charge in [0.15, 0.2) is 0 Å². The van der Waals surface area contributed by atoms with Crippen molar-refractivity contribution in [3.63, 3.8) is 0 Å². The fraction of sp³-hybridized carbons (Fsp3) is 0.438. The number of benzene rings is 1. The molecule has 19 heavy (non-hydrogen) atoms. The molecule has 2 N–H and O–H groups in total. The SMILES string of the molecule is Cc1cc(CN2CCC(CN)C2)c2ccccc2n1. The van der Waals surface area contributed by atoms with Crippen molar-refractivity contribution in [1.29, 1.82) is 0 Å². The normalized spacial score (nSPS) is 20.2. The second kappa shape index (κ2) is 5.27. The lowest BCUT2D eigenvalue weighted by Gasteiger charge is -2.17. The topological polar surface area (TPSA) is 42.1 Å². The van der Waals surface area contributed by atoms with Crippen LogP contribution in [0.1, 0.15) is 17.7 Å². The van der Waals surface area contributed by atoms with Gasteiger partial charge in [0.1, 0.15) is 0 Å². The molecule has 3 rings (SSSR count). The minimum atomic E-state index is 0.675. The average Bonchev–Trinajstić information content (AvgIpc) is 2.86. The highest BCUT2D eigenvalue weighted by Gasteiger charge is 2.21. The molecule has 1 fully saturated rings. The molecule has 1 aliphatic heterocycles. The number of hydrogen-bond donors (Lipinski definition) is 1. The van der Waals surface area contributed by atoms with Gasteiger partial charge in [0.25, 0.3) is 0 Å². The highest BCUT2D eigenvalue weighted by Crippen LogP contribution is 2.23. The zero-order valence-corrected chi connectivity index (χ0v) is 11.5. The van der Waals surface area contributed by atoms with E-state index in [1.54, 1.807) is 0 Å². The molecule has 100 valence electrons. The van der Waals surface area contributed by atoms with Crippen molar-refractivity contribution in [2.24, 2.45) is 11.7 Å². The standard InChI is InChI=1S/C16H21N3/c1-12-8-14(11-19-7-6-13(9-17)10-19)15-4-2-3-5-16(15)18-12/h2-5,8,13H,6-7,9-11,17H2,1H3. The van der Waals surface area contributed by atoms with E-state index < -0.39 is 0 Å². The van der Waals surface area contributed by atoms with Crippen LogP contribution in [0, 0.1) is 12.8 Å². The Labute approximate surface area is 114 Å². The number of fused-ring (bicyclic) bond motifs is 1. The predicted molar refractivity (Wildman–Crippen MR) is 78.9 cm³/mol. The first-order valence-electron chi connectivity index (χ1n) is 7.04. The molecule has 0 bridgehead atoms. The molecule has 0 amide bonds. The van der Waals surface area contributed by atoms with E-state index in [0.717, 1.165) is 37.4 Å². The van der Waals surface area contributed by atoms with E-state index in [0.29, 0.717) is 5.92 Å². The van der Waals surface area contributed by atoms with Crippen LogP contribution in [0.15, 0.2) is 30.3 Å². The van der Waals surface area contributed by atoms with E-state index in [1.165, 1.54) is 17.4 Å². The van der Waals surface area contributed by atoms with Crippen molar-refractivity contribution in [3.8, 4) is 0 Å². The van der Waals surface area contributed by atoms with Gasteiger partial charge >= 0.3 is 0 Å². The summed E-state index contributed by atoms with van der Waals surface area (Å²) in [6.45, 7) is 6.19. The number of nitrogens with zero attached hydrogens (tertiary/aromatic N) is 2. The van der Waals surface area contributed by atoms with E-state index in [2.05, 4.69) is 47.1 Å². The van der Waals surface area contributed by atoms with Gasteiger partial charge in [-0.2, -0.15) is 0 Å². The molecule has 1 aliphatic rings. The maximum Gasteiger partial charge on any atom is 0.0708 e. The van der Waals surface area contributed by atoms with Crippen molar-refractivity contribution in [3.05, 3.63) is 41.6 Å². The smallest absolute Gasteiger partial charge is 0.0708 e. The Bertz CT molecular complexity index is 579. The summed E-state index contributed by atoms with van der Waals surface area (Å²) < 4.78 is 0. The second-order valence-electron chi connectivity index (χ2n) is 5.57. The van der Waals surface area contributed by atoms with E-state index in [-0.39, 0.29) is 0 Å². The van der Waals surface area contributed by atoms with Gasteiger partial charge in [0, 0.05) is 24.2 Å². The molecular formula is C16H21N3. The molecule has 1 aromatic carbocycles. The molecular weight excluding hydrogens is 234 g/mol. The number of para-hydroxylation sites is 1. The number of aryl methyl sites for hydroxylation is 1. The first-order chi connectivity index (χ1) is 9.26. The van der Waals surface area contributed by atoms with Gasteiger partial charge in [0.05, 0.1) is 5.52 Å². The fourth-order valence-corrected chi connectivity index (χ4v) is 3.02. The number of rotatable bonds is 3. The largest absolute Gasteiger partial charge is 0.330 e. The first-order valence-corrected chi connectivity index (χ1v) is 7.04. The van der Waals surface area contributed by atoms with Crippen molar-refractivity contribution in [2.45, 2.75) is 19.9 Å². The highest BCUT2D eigenvalue weighted by atomic mass is 15.1. The summed E-state index contributed by atoms with van der Waals surface area (Å²) in [7, 11) is 0. The lowest BCUT2D eigenvalue weighted by Crippen LogP contribution is -2.23. The summed E-state index contributed by atoms with van der Waals surface area (Å²) in [5.41, 5.74) is 9.36. The van der Waals surface area contributed by atoms with E-state index in [1.807, 2.05) is 0 Å². The summed E-state index contributed by atoms with van der Waals surface area (Å²) in [6, 6.07) is 10.6. The van der Waals surface area contributed by atoms with E-state index >= 15 is 0 Å². The van der Waals surface area contributed by atoms with Crippen LogP contribution in [-0.4, -0.2) is 29.5 Å². The first kappa shape index (κ1) is 12.6. The third-order valence-corrected chi connectivity index (χ3v) is 4.03. The Morgan fingerprint density at radius 2 is 2.21 bits per heavy atom. The lowest BCUT2D eigenvalue weighted by molar-refractivity contribution is 0.319. The Hall–Kier alpha value is -1.45. The van der Waals surface area contributed by atoms with Crippen molar-refractivity contribution in [2.75, 3.05) is 19.6 Å². The Morgan fingerprint density at radius 3 is 3.00 bits per heavy atom. The lowest BCUT2D eigenvalue weighted by atomic mass is 10.1. The summed E-state index contributed by atoms with van der Waals surface area (Å²) >= 11 is 0. The van der Waals surface area contributed by atoms with Crippen molar-refractivity contribution < 1.29 is 0 Å². The van der Waals surface area contributed by atoms with Crippen LogP contribution in [0.4, 0.5) is 0 Å². The van der Waals surface area contributed by atoms with Gasteiger partial charge in [0.2, 0.25) is 0 Å². The van der Waals surface area contributed by atoms with E-state index in [9.17, 15) is 0 Å².